The third-order valence-electron chi connectivity index (χ3n) is 3.45. The molecule has 19 heavy (non-hydrogen) atoms. The molecule has 0 bridgehead atoms. The molecule has 0 aliphatic carbocycles. The fourth-order valence-electron chi connectivity index (χ4n) is 2.30. The molecule has 1 aliphatic rings. The molecular weight excluding hydrogens is 268 g/mol. The van der Waals surface area contributed by atoms with Gasteiger partial charge in [-0.05, 0) is 18.9 Å². The van der Waals surface area contributed by atoms with E-state index < -0.39 is 10.2 Å². The van der Waals surface area contributed by atoms with Crippen molar-refractivity contribution >= 4 is 10.2 Å². The van der Waals surface area contributed by atoms with Crippen molar-refractivity contribution in [1.82, 2.24) is 18.8 Å². The molecule has 1 aromatic rings. The normalized spacial score (nSPS) is 21.7. The Morgan fingerprint density at radius 1 is 1.53 bits per heavy atom. The van der Waals surface area contributed by atoms with Crippen molar-refractivity contribution in [3.63, 3.8) is 0 Å². The van der Waals surface area contributed by atoms with Crippen molar-refractivity contribution in [2.75, 3.05) is 13.2 Å². The highest BCUT2D eigenvalue weighted by Gasteiger charge is 2.31. The van der Waals surface area contributed by atoms with Gasteiger partial charge in [0, 0.05) is 25.8 Å². The van der Waals surface area contributed by atoms with Crippen LogP contribution in [0.15, 0.2) is 12.3 Å². The van der Waals surface area contributed by atoms with Gasteiger partial charge in [0.2, 0.25) is 0 Å². The monoisotopic (exact) mass is 288 g/mol. The lowest BCUT2D eigenvalue weighted by molar-refractivity contribution is 0.154. The minimum atomic E-state index is -3.56. The van der Waals surface area contributed by atoms with Gasteiger partial charge in [-0.2, -0.15) is 22.5 Å². The van der Waals surface area contributed by atoms with E-state index in [1.807, 2.05) is 0 Å². The number of hydrogen-bond acceptors (Lipinski definition) is 4. The van der Waals surface area contributed by atoms with Crippen LogP contribution in [-0.2, 0) is 23.8 Å². The fourth-order valence-corrected chi connectivity index (χ4v) is 3.73. The van der Waals surface area contributed by atoms with Crippen LogP contribution in [0.1, 0.15) is 25.0 Å². The summed E-state index contributed by atoms with van der Waals surface area (Å²) in [6.07, 6.45) is 4.13. The maximum Gasteiger partial charge on any atom is 0.280 e. The first-order chi connectivity index (χ1) is 9.04. The van der Waals surface area contributed by atoms with E-state index in [0.717, 1.165) is 18.5 Å². The van der Waals surface area contributed by atoms with Crippen molar-refractivity contribution in [2.24, 2.45) is 7.05 Å². The molecule has 2 rings (SSSR count). The fraction of sp³-hybridized carbons (Fsp3) is 0.727. The predicted octanol–water partition coefficient (Wildman–Crippen LogP) is -0.399. The first kappa shape index (κ1) is 14.4. The van der Waals surface area contributed by atoms with E-state index in [1.54, 1.807) is 24.0 Å². The lowest BCUT2D eigenvalue weighted by atomic mass is 10.1. The maximum atomic E-state index is 12.2. The van der Waals surface area contributed by atoms with Crippen molar-refractivity contribution in [1.29, 1.82) is 0 Å². The molecule has 0 amide bonds. The van der Waals surface area contributed by atoms with Crippen LogP contribution in [0.2, 0.25) is 0 Å². The van der Waals surface area contributed by atoms with E-state index >= 15 is 0 Å². The zero-order valence-electron chi connectivity index (χ0n) is 11.0. The number of aryl methyl sites for hydroxylation is 1. The number of piperidine rings is 1. The zero-order valence-corrected chi connectivity index (χ0v) is 11.8. The Balaban J connectivity index is 2.03. The van der Waals surface area contributed by atoms with Crippen LogP contribution in [0.5, 0.6) is 0 Å². The van der Waals surface area contributed by atoms with Gasteiger partial charge in [-0.15, -0.1) is 0 Å². The summed E-state index contributed by atoms with van der Waals surface area (Å²) in [7, 11) is -1.79. The van der Waals surface area contributed by atoms with Crippen LogP contribution >= 0.6 is 0 Å². The van der Waals surface area contributed by atoms with Gasteiger partial charge in [-0.3, -0.25) is 4.68 Å². The molecule has 1 unspecified atom stereocenters. The highest BCUT2D eigenvalue weighted by atomic mass is 32.2. The van der Waals surface area contributed by atoms with Gasteiger partial charge < -0.3 is 5.11 Å². The summed E-state index contributed by atoms with van der Waals surface area (Å²) in [6, 6.07) is 1.46. The minimum absolute atomic E-state index is 0.132. The largest absolute Gasteiger partial charge is 0.395 e. The number of nitrogens with zero attached hydrogens (tertiary/aromatic N) is 3. The third kappa shape index (κ3) is 3.33. The summed E-state index contributed by atoms with van der Waals surface area (Å²) in [5.74, 6) is 0. The van der Waals surface area contributed by atoms with Gasteiger partial charge in [0.15, 0.2) is 0 Å². The molecule has 1 atom stereocenters. The van der Waals surface area contributed by atoms with Gasteiger partial charge in [0.05, 0.1) is 18.8 Å². The average molecular weight is 288 g/mol. The number of nitrogens with one attached hydrogen (secondary N) is 1. The molecule has 2 N–H and O–H groups in total. The van der Waals surface area contributed by atoms with Crippen molar-refractivity contribution in [3.8, 4) is 0 Å². The molecule has 1 aromatic heterocycles. The first-order valence-electron chi connectivity index (χ1n) is 6.39. The second-order valence-electron chi connectivity index (χ2n) is 4.72. The van der Waals surface area contributed by atoms with E-state index in [0.29, 0.717) is 13.0 Å². The SMILES string of the molecule is Cn1nccc1CNS(=O)(=O)N1CCCCC1CO. The van der Waals surface area contributed by atoms with Crippen molar-refractivity contribution in [2.45, 2.75) is 31.8 Å². The van der Waals surface area contributed by atoms with Gasteiger partial charge >= 0.3 is 0 Å². The molecule has 8 heteroatoms. The summed E-state index contributed by atoms with van der Waals surface area (Å²) < 4.78 is 30.0. The lowest BCUT2D eigenvalue weighted by Crippen LogP contribution is -2.50. The second-order valence-corrected chi connectivity index (χ2v) is 6.42. The van der Waals surface area contributed by atoms with E-state index in [9.17, 15) is 13.5 Å². The van der Waals surface area contributed by atoms with Crippen LogP contribution < -0.4 is 4.72 Å². The molecule has 2 heterocycles. The van der Waals surface area contributed by atoms with Crippen LogP contribution in [0.4, 0.5) is 0 Å². The van der Waals surface area contributed by atoms with Gasteiger partial charge in [0.1, 0.15) is 0 Å². The predicted molar refractivity (Wildman–Crippen MR) is 70.4 cm³/mol. The lowest BCUT2D eigenvalue weighted by Gasteiger charge is -2.33. The van der Waals surface area contributed by atoms with Crippen LogP contribution in [-0.4, -0.2) is 46.8 Å². The minimum Gasteiger partial charge on any atom is -0.395 e. The molecule has 7 nitrogen and oxygen atoms in total. The van der Waals surface area contributed by atoms with Gasteiger partial charge in [-0.25, -0.2) is 0 Å². The Kier molecular flexibility index (Phi) is 4.56. The quantitative estimate of drug-likeness (QED) is 0.772. The number of aliphatic hydroxyl groups is 1. The molecular formula is C11H20N4O3S. The number of rotatable bonds is 5. The van der Waals surface area contributed by atoms with E-state index in [1.165, 1.54) is 4.31 Å². The molecule has 0 spiro atoms. The van der Waals surface area contributed by atoms with Crippen LogP contribution in [0.25, 0.3) is 0 Å². The van der Waals surface area contributed by atoms with E-state index in [4.69, 9.17) is 0 Å². The Morgan fingerprint density at radius 3 is 2.95 bits per heavy atom. The smallest absolute Gasteiger partial charge is 0.280 e. The summed E-state index contributed by atoms with van der Waals surface area (Å²) in [4.78, 5) is 0. The van der Waals surface area contributed by atoms with Gasteiger partial charge in [0.25, 0.3) is 10.2 Å². The molecule has 0 saturated carbocycles. The highest BCUT2D eigenvalue weighted by Crippen LogP contribution is 2.19. The molecule has 108 valence electrons. The summed E-state index contributed by atoms with van der Waals surface area (Å²) in [5, 5.41) is 13.3. The summed E-state index contributed by atoms with van der Waals surface area (Å²) >= 11 is 0. The van der Waals surface area contributed by atoms with E-state index in [-0.39, 0.29) is 19.2 Å². The second kappa shape index (κ2) is 6.00. The van der Waals surface area contributed by atoms with Gasteiger partial charge in [-0.1, -0.05) is 6.42 Å². The van der Waals surface area contributed by atoms with E-state index in [2.05, 4.69) is 9.82 Å². The molecule has 1 saturated heterocycles. The van der Waals surface area contributed by atoms with Crippen molar-refractivity contribution < 1.29 is 13.5 Å². The number of aliphatic hydroxyl groups excluding tert-OH is 1. The molecule has 0 aromatic carbocycles. The summed E-state index contributed by atoms with van der Waals surface area (Å²) in [6.45, 7) is 0.534. The number of hydrogen-bond donors (Lipinski definition) is 2. The van der Waals surface area contributed by atoms with Crippen LogP contribution in [0, 0.1) is 0 Å². The topological polar surface area (TPSA) is 87.5 Å². The summed E-state index contributed by atoms with van der Waals surface area (Å²) in [5.41, 5.74) is 0.793. The molecule has 0 radical (unpaired) electrons. The average Bonchev–Trinajstić information content (AvgIpc) is 2.82. The number of aromatic nitrogens is 2. The Morgan fingerprint density at radius 2 is 2.32 bits per heavy atom. The first-order valence-corrected chi connectivity index (χ1v) is 7.83. The molecule has 1 aliphatic heterocycles. The third-order valence-corrected chi connectivity index (χ3v) is 5.06. The standard InChI is InChI=1S/C11H20N4O3S/c1-14-10(5-6-12-14)8-13-19(17,18)15-7-3-2-4-11(15)9-16/h5-6,11,13,16H,2-4,7-9H2,1H3. The van der Waals surface area contributed by atoms with Crippen molar-refractivity contribution in [3.05, 3.63) is 18.0 Å². The van der Waals surface area contributed by atoms with Crippen LogP contribution in [0.3, 0.4) is 0 Å². The Labute approximate surface area is 113 Å². The maximum absolute atomic E-state index is 12.2. The Hall–Kier alpha value is -0.960. The zero-order chi connectivity index (χ0) is 13.9. The molecule has 1 fully saturated rings. The Bertz CT molecular complexity index is 514. The highest BCUT2D eigenvalue weighted by molar-refractivity contribution is 7.87.